The van der Waals surface area contributed by atoms with E-state index in [0.717, 1.165) is 31.4 Å². The van der Waals surface area contributed by atoms with E-state index in [1.165, 1.54) is 24.0 Å². The van der Waals surface area contributed by atoms with E-state index in [0.29, 0.717) is 6.10 Å². The summed E-state index contributed by atoms with van der Waals surface area (Å²) in [5.41, 5.74) is 3.54. The monoisotopic (exact) mass is 248 g/mol. The first kappa shape index (κ1) is 13.6. The van der Waals surface area contributed by atoms with Gasteiger partial charge in [-0.25, -0.2) is 0 Å². The predicted octanol–water partition coefficient (Wildman–Crippen LogP) is 3.69. The Morgan fingerprint density at radius 1 is 1.33 bits per heavy atom. The molecule has 1 aromatic carbocycles. The van der Waals surface area contributed by atoms with E-state index in [1.807, 2.05) is 12.1 Å². The van der Waals surface area contributed by atoms with Crippen LogP contribution in [-0.2, 0) is 4.74 Å². The molecule has 2 heteroatoms. The van der Waals surface area contributed by atoms with Crippen LogP contribution < -0.4 is 0 Å². The van der Waals surface area contributed by atoms with Gasteiger partial charge in [0.2, 0.25) is 0 Å². The Labute approximate surface area is 110 Å². The lowest BCUT2D eigenvalue weighted by atomic mass is 9.94. The van der Waals surface area contributed by atoms with Gasteiger partial charge in [-0.1, -0.05) is 18.2 Å². The van der Waals surface area contributed by atoms with Crippen LogP contribution in [0.4, 0.5) is 0 Å². The highest BCUT2D eigenvalue weighted by molar-refractivity contribution is 5.34. The number of aliphatic hydroxyl groups is 1. The van der Waals surface area contributed by atoms with Crippen molar-refractivity contribution in [2.45, 2.75) is 58.2 Å². The van der Waals surface area contributed by atoms with Crippen LogP contribution in [0.25, 0.3) is 0 Å². The summed E-state index contributed by atoms with van der Waals surface area (Å²) < 4.78 is 5.71. The molecule has 1 aliphatic rings. The Hall–Kier alpha value is -0.860. The molecule has 0 spiro atoms. The van der Waals surface area contributed by atoms with E-state index in [4.69, 9.17) is 4.74 Å². The van der Waals surface area contributed by atoms with Crippen molar-refractivity contribution in [1.82, 2.24) is 0 Å². The van der Waals surface area contributed by atoms with E-state index >= 15 is 0 Å². The van der Waals surface area contributed by atoms with Gasteiger partial charge >= 0.3 is 0 Å². The second-order valence-electron chi connectivity index (χ2n) is 5.37. The maximum atomic E-state index is 10.3. The minimum Gasteiger partial charge on any atom is -0.388 e. The van der Waals surface area contributed by atoms with Crippen LogP contribution in [0.2, 0.25) is 0 Å². The number of aryl methyl sites for hydroxylation is 1. The molecule has 1 aromatic rings. The highest BCUT2D eigenvalue weighted by atomic mass is 16.5. The van der Waals surface area contributed by atoms with Crippen molar-refractivity contribution in [3.8, 4) is 0 Å². The molecule has 2 atom stereocenters. The molecular formula is C16H24O2. The number of hydrogen-bond donors (Lipinski definition) is 1. The average molecular weight is 248 g/mol. The molecule has 1 aliphatic heterocycles. The van der Waals surface area contributed by atoms with Crippen molar-refractivity contribution in [1.29, 1.82) is 0 Å². The Balaban J connectivity index is 1.90. The van der Waals surface area contributed by atoms with Crippen LogP contribution in [0.15, 0.2) is 18.2 Å². The van der Waals surface area contributed by atoms with Gasteiger partial charge in [-0.15, -0.1) is 0 Å². The third-order valence-electron chi connectivity index (χ3n) is 4.04. The molecule has 0 aromatic heterocycles. The van der Waals surface area contributed by atoms with Crippen molar-refractivity contribution in [2.75, 3.05) is 6.61 Å². The zero-order valence-electron chi connectivity index (χ0n) is 11.5. The Bertz CT molecular complexity index is 381. The van der Waals surface area contributed by atoms with Crippen LogP contribution in [0.1, 0.15) is 54.9 Å². The molecule has 100 valence electrons. The van der Waals surface area contributed by atoms with E-state index in [-0.39, 0.29) is 6.10 Å². The molecule has 0 amide bonds. The first-order chi connectivity index (χ1) is 8.68. The quantitative estimate of drug-likeness (QED) is 0.880. The summed E-state index contributed by atoms with van der Waals surface area (Å²) in [6.07, 6.45) is 5.39. The van der Waals surface area contributed by atoms with Gasteiger partial charge in [0.05, 0.1) is 12.2 Å². The summed E-state index contributed by atoms with van der Waals surface area (Å²) >= 11 is 0. The molecule has 18 heavy (non-hydrogen) atoms. The highest BCUT2D eigenvalue weighted by Crippen LogP contribution is 2.26. The molecule has 2 unspecified atom stereocenters. The fourth-order valence-electron chi connectivity index (χ4n) is 2.67. The fraction of sp³-hybridized carbons (Fsp3) is 0.625. The molecular weight excluding hydrogens is 224 g/mol. The summed E-state index contributed by atoms with van der Waals surface area (Å²) in [6.45, 7) is 5.07. The van der Waals surface area contributed by atoms with Crippen molar-refractivity contribution >= 4 is 0 Å². The molecule has 2 rings (SSSR count). The van der Waals surface area contributed by atoms with Gasteiger partial charge in [-0.3, -0.25) is 0 Å². The van der Waals surface area contributed by atoms with Gasteiger partial charge in [-0.2, -0.15) is 0 Å². The van der Waals surface area contributed by atoms with Crippen LogP contribution in [0.3, 0.4) is 0 Å². The predicted molar refractivity (Wildman–Crippen MR) is 73.7 cm³/mol. The topological polar surface area (TPSA) is 29.5 Å². The molecule has 2 nitrogen and oxygen atoms in total. The number of benzene rings is 1. The molecule has 0 radical (unpaired) electrons. The van der Waals surface area contributed by atoms with Crippen molar-refractivity contribution in [3.05, 3.63) is 34.9 Å². The lowest BCUT2D eigenvalue weighted by molar-refractivity contribution is 0.00209. The second-order valence-corrected chi connectivity index (χ2v) is 5.37. The summed E-state index contributed by atoms with van der Waals surface area (Å²) in [7, 11) is 0. The molecule has 1 heterocycles. The van der Waals surface area contributed by atoms with Crippen LogP contribution in [0.5, 0.6) is 0 Å². The first-order valence-electron chi connectivity index (χ1n) is 7.04. The highest BCUT2D eigenvalue weighted by Gasteiger charge is 2.17. The smallest absolute Gasteiger partial charge is 0.0793 e. The Kier molecular flexibility index (Phi) is 4.79. The van der Waals surface area contributed by atoms with Crippen LogP contribution >= 0.6 is 0 Å². The summed E-state index contributed by atoms with van der Waals surface area (Å²) in [5, 5.41) is 10.3. The zero-order valence-corrected chi connectivity index (χ0v) is 11.5. The van der Waals surface area contributed by atoms with Gasteiger partial charge in [0.25, 0.3) is 0 Å². The fourth-order valence-corrected chi connectivity index (χ4v) is 2.67. The Morgan fingerprint density at radius 2 is 2.17 bits per heavy atom. The number of aliphatic hydroxyl groups excluding tert-OH is 1. The molecule has 0 aliphatic carbocycles. The number of hydrogen-bond acceptors (Lipinski definition) is 2. The first-order valence-corrected chi connectivity index (χ1v) is 7.04. The second kappa shape index (κ2) is 6.35. The Morgan fingerprint density at radius 3 is 2.89 bits per heavy atom. The maximum Gasteiger partial charge on any atom is 0.0793 e. The van der Waals surface area contributed by atoms with Crippen molar-refractivity contribution in [2.24, 2.45) is 0 Å². The van der Waals surface area contributed by atoms with E-state index in [2.05, 4.69) is 19.9 Å². The van der Waals surface area contributed by atoms with Gasteiger partial charge in [0.1, 0.15) is 0 Å². The lowest BCUT2D eigenvalue weighted by Gasteiger charge is -2.24. The van der Waals surface area contributed by atoms with Crippen LogP contribution in [0, 0.1) is 13.8 Å². The third-order valence-corrected chi connectivity index (χ3v) is 4.04. The van der Waals surface area contributed by atoms with Crippen LogP contribution in [-0.4, -0.2) is 17.8 Å². The standard InChI is InChI=1S/C16H24O2/c1-12-6-5-8-15(13(12)2)16(17)10-9-14-7-3-4-11-18-14/h5-6,8,14,16-17H,3-4,7,9-11H2,1-2H3. The van der Waals surface area contributed by atoms with Gasteiger partial charge < -0.3 is 9.84 Å². The molecule has 0 bridgehead atoms. The van der Waals surface area contributed by atoms with E-state index < -0.39 is 0 Å². The molecule has 1 saturated heterocycles. The van der Waals surface area contributed by atoms with Gasteiger partial charge in [0, 0.05) is 6.61 Å². The zero-order chi connectivity index (χ0) is 13.0. The maximum absolute atomic E-state index is 10.3. The minimum absolute atomic E-state index is 0.351. The minimum atomic E-state index is -0.351. The SMILES string of the molecule is Cc1cccc(C(O)CCC2CCCCO2)c1C. The summed E-state index contributed by atoms with van der Waals surface area (Å²) in [6, 6.07) is 6.16. The van der Waals surface area contributed by atoms with E-state index in [1.54, 1.807) is 0 Å². The third kappa shape index (κ3) is 3.33. The van der Waals surface area contributed by atoms with Crippen molar-refractivity contribution < 1.29 is 9.84 Å². The van der Waals surface area contributed by atoms with Gasteiger partial charge in [0.15, 0.2) is 0 Å². The number of rotatable bonds is 4. The summed E-state index contributed by atoms with van der Waals surface area (Å²) in [4.78, 5) is 0. The molecule has 1 N–H and O–H groups in total. The normalized spacial score (nSPS) is 21.8. The molecule has 0 saturated carbocycles. The lowest BCUT2D eigenvalue weighted by Crippen LogP contribution is -2.19. The van der Waals surface area contributed by atoms with E-state index in [9.17, 15) is 5.11 Å². The average Bonchev–Trinajstić information content (AvgIpc) is 2.40. The largest absolute Gasteiger partial charge is 0.388 e. The summed E-state index contributed by atoms with van der Waals surface area (Å²) in [5.74, 6) is 0. The molecule has 1 fully saturated rings. The number of ether oxygens (including phenoxy) is 1. The van der Waals surface area contributed by atoms with Gasteiger partial charge in [-0.05, 0) is 62.6 Å². The van der Waals surface area contributed by atoms with Crippen molar-refractivity contribution in [3.63, 3.8) is 0 Å².